The molecule has 2 unspecified atom stereocenters. The topological polar surface area (TPSA) is 80.5 Å². The highest BCUT2D eigenvalue weighted by molar-refractivity contribution is 6.30. The number of hydrogen-bond acceptors (Lipinski definition) is 4. The van der Waals surface area contributed by atoms with E-state index in [0.717, 1.165) is 17.7 Å². The number of carbonyl (C=O) groups excluding carboxylic acids is 3. The van der Waals surface area contributed by atoms with E-state index >= 15 is 0 Å². The number of anilines is 1. The molecule has 2 N–H and O–H groups in total. The minimum absolute atomic E-state index is 0.175. The second-order valence-corrected chi connectivity index (χ2v) is 5.98. The van der Waals surface area contributed by atoms with Crippen LogP contribution in [0.4, 0.5) is 5.69 Å². The van der Waals surface area contributed by atoms with Gasteiger partial charge in [-0.15, -0.1) is 0 Å². The SMILES string of the molecule is Nc1cccc2c1C(=O)N(C(=O)C1CC3CC3C1)C2=O. The third-order valence-electron chi connectivity index (χ3n) is 4.76. The number of imide groups is 3. The van der Waals surface area contributed by atoms with Gasteiger partial charge in [-0.05, 0) is 43.2 Å². The fourth-order valence-electron chi connectivity index (χ4n) is 3.61. The molecule has 4 rings (SSSR count). The van der Waals surface area contributed by atoms with Crippen molar-refractivity contribution in [2.75, 3.05) is 5.73 Å². The predicted molar refractivity (Wildman–Crippen MR) is 70.7 cm³/mol. The van der Waals surface area contributed by atoms with Crippen LogP contribution >= 0.6 is 0 Å². The first-order valence-electron chi connectivity index (χ1n) is 6.89. The lowest BCUT2D eigenvalue weighted by atomic mass is 10.0. The number of benzene rings is 1. The minimum Gasteiger partial charge on any atom is -0.398 e. The zero-order valence-corrected chi connectivity index (χ0v) is 10.8. The van der Waals surface area contributed by atoms with Crippen molar-refractivity contribution in [2.24, 2.45) is 17.8 Å². The Hall–Kier alpha value is -2.17. The lowest BCUT2D eigenvalue weighted by Gasteiger charge is -2.17. The van der Waals surface area contributed by atoms with Gasteiger partial charge in [0.2, 0.25) is 5.91 Å². The maximum absolute atomic E-state index is 12.5. The molecule has 0 spiro atoms. The molecule has 1 aliphatic heterocycles. The molecular weight excluding hydrogens is 256 g/mol. The van der Waals surface area contributed by atoms with Crippen LogP contribution in [-0.2, 0) is 4.79 Å². The van der Waals surface area contributed by atoms with Gasteiger partial charge in [0.1, 0.15) is 0 Å². The van der Waals surface area contributed by atoms with Crippen molar-refractivity contribution in [1.82, 2.24) is 4.90 Å². The number of fused-ring (bicyclic) bond motifs is 2. The van der Waals surface area contributed by atoms with Crippen LogP contribution < -0.4 is 5.73 Å². The van der Waals surface area contributed by atoms with Gasteiger partial charge in [-0.25, -0.2) is 4.90 Å². The third kappa shape index (κ3) is 1.40. The zero-order chi connectivity index (χ0) is 14.0. The first-order chi connectivity index (χ1) is 9.58. The van der Waals surface area contributed by atoms with Crippen molar-refractivity contribution in [3.05, 3.63) is 29.3 Å². The first kappa shape index (κ1) is 11.6. The highest BCUT2D eigenvalue weighted by atomic mass is 16.2. The Kier molecular flexibility index (Phi) is 2.14. The molecule has 2 fully saturated rings. The van der Waals surface area contributed by atoms with Crippen LogP contribution in [0.1, 0.15) is 40.0 Å². The van der Waals surface area contributed by atoms with Crippen LogP contribution in [0.5, 0.6) is 0 Å². The quantitative estimate of drug-likeness (QED) is 0.618. The van der Waals surface area contributed by atoms with E-state index in [2.05, 4.69) is 0 Å². The highest BCUT2D eigenvalue weighted by Gasteiger charge is 2.51. The van der Waals surface area contributed by atoms with E-state index < -0.39 is 11.8 Å². The van der Waals surface area contributed by atoms with E-state index in [9.17, 15) is 14.4 Å². The van der Waals surface area contributed by atoms with Crippen LogP contribution in [-0.4, -0.2) is 22.6 Å². The van der Waals surface area contributed by atoms with E-state index in [-0.39, 0.29) is 28.6 Å². The van der Waals surface area contributed by atoms with E-state index in [1.54, 1.807) is 18.2 Å². The number of nitrogens with two attached hydrogens (primary N) is 1. The standard InChI is InChI=1S/C15H14N2O3/c16-11-3-1-2-10-12(11)15(20)17(14(10)19)13(18)9-5-7-4-8(7)6-9/h1-3,7-9H,4-6,16H2. The van der Waals surface area contributed by atoms with E-state index in [4.69, 9.17) is 5.73 Å². The fourth-order valence-corrected chi connectivity index (χ4v) is 3.61. The molecule has 0 saturated heterocycles. The Morgan fingerprint density at radius 2 is 1.80 bits per heavy atom. The van der Waals surface area contributed by atoms with Gasteiger partial charge in [0.25, 0.3) is 11.8 Å². The summed E-state index contributed by atoms with van der Waals surface area (Å²) in [5, 5.41) is 0. The van der Waals surface area contributed by atoms with Gasteiger partial charge in [0.05, 0.1) is 11.1 Å². The molecule has 1 heterocycles. The molecular formula is C15H14N2O3. The van der Waals surface area contributed by atoms with Gasteiger partial charge in [-0.3, -0.25) is 14.4 Å². The monoisotopic (exact) mass is 270 g/mol. The maximum Gasteiger partial charge on any atom is 0.270 e. The van der Waals surface area contributed by atoms with Crippen molar-refractivity contribution < 1.29 is 14.4 Å². The molecule has 5 heteroatoms. The fraction of sp³-hybridized carbons (Fsp3) is 0.400. The molecule has 1 aromatic rings. The van der Waals surface area contributed by atoms with Gasteiger partial charge in [-0.2, -0.15) is 0 Å². The Balaban J connectivity index is 1.67. The Morgan fingerprint density at radius 3 is 2.45 bits per heavy atom. The number of amides is 3. The van der Waals surface area contributed by atoms with E-state index in [0.29, 0.717) is 11.8 Å². The first-order valence-corrected chi connectivity index (χ1v) is 6.89. The Bertz CT molecular complexity index is 657. The molecule has 0 aromatic heterocycles. The van der Waals surface area contributed by atoms with Crippen LogP contribution in [0.2, 0.25) is 0 Å². The second-order valence-electron chi connectivity index (χ2n) is 5.98. The van der Waals surface area contributed by atoms with Crippen molar-refractivity contribution in [2.45, 2.75) is 19.3 Å². The maximum atomic E-state index is 12.5. The Labute approximate surface area is 115 Å². The predicted octanol–water partition coefficient (Wildman–Crippen LogP) is 1.44. The number of carbonyl (C=O) groups is 3. The summed E-state index contributed by atoms with van der Waals surface area (Å²) in [6, 6.07) is 4.74. The van der Waals surface area contributed by atoms with Gasteiger partial charge < -0.3 is 5.73 Å². The van der Waals surface area contributed by atoms with Gasteiger partial charge >= 0.3 is 0 Å². The molecule has 3 aliphatic rings. The van der Waals surface area contributed by atoms with Crippen LogP contribution in [0.3, 0.4) is 0 Å². The molecule has 1 aromatic carbocycles. The van der Waals surface area contributed by atoms with Crippen molar-refractivity contribution in [3.63, 3.8) is 0 Å². The summed E-state index contributed by atoms with van der Waals surface area (Å²) in [5.41, 5.74) is 6.43. The van der Waals surface area contributed by atoms with Gasteiger partial charge in [-0.1, -0.05) is 6.07 Å². The van der Waals surface area contributed by atoms with Crippen LogP contribution in [0, 0.1) is 17.8 Å². The average molecular weight is 270 g/mol. The van der Waals surface area contributed by atoms with Crippen molar-refractivity contribution in [3.8, 4) is 0 Å². The lowest BCUT2D eigenvalue weighted by molar-refractivity contribution is -0.130. The normalized spacial score (nSPS) is 30.4. The molecule has 2 aliphatic carbocycles. The summed E-state index contributed by atoms with van der Waals surface area (Å²) in [6.07, 6.45) is 2.82. The molecule has 0 bridgehead atoms. The number of hydrogen-bond donors (Lipinski definition) is 1. The summed E-state index contributed by atoms with van der Waals surface area (Å²) >= 11 is 0. The minimum atomic E-state index is -0.561. The molecule has 2 atom stereocenters. The summed E-state index contributed by atoms with van der Waals surface area (Å²) in [6.45, 7) is 0. The zero-order valence-electron chi connectivity index (χ0n) is 10.8. The summed E-state index contributed by atoms with van der Waals surface area (Å²) in [4.78, 5) is 37.9. The number of rotatable bonds is 1. The summed E-state index contributed by atoms with van der Waals surface area (Å²) < 4.78 is 0. The van der Waals surface area contributed by atoms with E-state index in [1.807, 2.05) is 0 Å². The third-order valence-corrected chi connectivity index (χ3v) is 4.76. The van der Waals surface area contributed by atoms with Crippen molar-refractivity contribution in [1.29, 1.82) is 0 Å². The highest BCUT2D eigenvalue weighted by Crippen LogP contribution is 2.54. The molecule has 2 saturated carbocycles. The molecule has 0 radical (unpaired) electrons. The number of nitrogen functional groups attached to an aromatic ring is 1. The molecule has 20 heavy (non-hydrogen) atoms. The summed E-state index contributed by atoms with van der Waals surface area (Å²) in [7, 11) is 0. The smallest absolute Gasteiger partial charge is 0.270 e. The van der Waals surface area contributed by atoms with Crippen LogP contribution in [0.15, 0.2) is 18.2 Å². The molecule has 102 valence electrons. The molecule has 5 nitrogen and oxygen atoms in total. The molecule has 3 amide bonds. The average Bonchev–Trinajstić information content (AvgIpc) is 2.94. The van der Waals surface area contributed by atoms with Crippen LogP contribution in [0.25, 0.3) is 0 Å². The Morgan fingerprint density at radius 1 is 1.10 bits per heavy atom. The lowest BCUT2D eigenvalue weighted by Crippen LogP contribution is -2.40. The number of nitrogens with zero attached hydrogens (tertiary/aromatic N) is 1. The summed E-state index contributed by atoms with van der Waals surface area (Å²) in [5.74, 6) is -0.352. The van der Waals surface area contributed by atoms with Gasteiger partial charge in [0, 0.05) is 11.6 Å². The largest absolute Gasteiger partial charge is 0.398 e. The second kappa shape index (κ2) is 3.69. The van der Waals surface area contributed by atoms with E-state index in [1.165, 1.54) is 6.42 Å². The van der Waals surface area contributed by atoms with Crippen molar-refractivity contribution >= 4 is 23.4 Å². The van der Waals surface area contributed by atoms with Gasteiger partial charge in [0.15, 0.2) is 0 Å².